The molecule has 28 heavy (non-hydrogen) atoms. The van der Waals surface area contributed by atoms with Gasteiger partial charge in [0.15, 0.2) is 15.8 Å². The fourth-order valence-electron chi connectivity index (χ4n) is 2.47. The first-order valence-corrected chi connectivity index (χ1v) is 10.8. The van der Waals surface area contributed by atoms with Gasteiger partial charge in [-0.05, 0) is 24.1 Å². The second-order valence-corrected chi connectivity index (χ2v) is 8.20. The first-order chi connectivity index (χ1) is 13.1. The van der Waals surface area contributed by atoms with Crippen molar-refractivity contribution in [1.29, 1.82) is 0 Å². The van der Waals surface area contributed by atoms with E-state index < -0.39 is 9.84 Å². The number of guanidine groups is 1. The molecule has 0 unspecified atom stereocenters. The van der Waals surface area contributed by atoms with Gasteiger partial charge in [-0.1, -0.05) is 48.5 Å². The van der Waals surface area contributed by atoms with Gasteiger partial charge in [-0.2, -0.15) is 0 Å². The molecule has 2 aromatic rings. The number of hydrogen-bond donors (Lipinski definition) is 2. The fraction of sp³-hybridized carbons (Fsp3) is 0.350. The number of benzene rings is 2. The Labute approximate surface area is 184 Å². The van der Waals surface area contributed by atoms with Crippen molar-refractivity contribution < 1.29 is 13.2 Å². The summed E-state index contributed by atoms with van der Waals surface area (Å²) in [5.74, 6) is 1.68. The maximum atomic E-state index is 12.2. The average Bonchev–Trinajstić information content (AvgIpc) is 2.68. The van der Waals surface area contributed by atoms with Crippen LogP contribution in [-0.4, -0.2) is 46.9 Å². The van der Waals surface area contributed by atoms with Crippen LogP contribution >= 0.6 is 24.0 Å². The molecule has 0 spiro atoms. The van der Waals surface area contributed by atoms with Crippen molar-refractivity contribution in [2.45, 2.75) is 12.2 Å². The number of para-hydroxylation sites is 1. The molecule has 0 radical (unpaired) electrons. The van der Waals surface area contributed by atoms with E-state index in [1.54, 1.807) is 7.05 Å². The first kappa shape index (κ1) is 24.2. The van der Waals surface area contributed by atoms with Gasteiger partial charge in [0.2, 0.25) is 0 Å². The molecule has 6 nitrogen and oxygen atoms in total. The summed E-state index contributed by atoms with van der Waals surface area (Å²) in [7, 11) is -1.43. The minimum absolute atomic E-state index is 0. The molecule has 0 saturated heterocycles. The maximum absolute atomic E-state index is 12.2. The quantitative estimate of drug-likeness (QED) is 0.219. The summed E-state index contributed by atoms with van der Waals surface area (Å²) in [5, 5.41) is 6.27. The topological polar surface area (TPSA) is 79.8 Å². The third kappa shape index (κ3) is 9.93. The number of nitrogens with zero attached hydrogens (tertiary/aromatic N) is 1. The Hall–Kier alpha value is -1.81. The lowest BCUT2D eigenvalue weighted by molar-refractivity contribution is 0.322. The smallest absolute Gasteiger partial charge is 0.191 e. The van der Waals surface area contributed by atoms with Gasteiger partial charge in [-0.3, -0.25) is 4.99 Å². The van der Waals surface area contributed by atoms with E-state index in [4.69, 9.17) is 4.74 Å². The number of halogens is 1. The van der Waals surface area contributed by atoms with Gasteiger partial charge in [0.05, 0.1) is 18.1 Å². The predicted octanol–water partition coefficient (Wildman–Crippen LogP) is 2.85. The van der Waals surface area contributed by atoms with Gasteiger partial charge >= 0.3 is 0 Å². The van der Waals surface area contributed by atoms with Crippen molar-refractivity contribution in [3.8, 4) is 5.75 Å². The second kappa shape index (κ2) is 13.4. The minimum Gasteiger partial charge on any atom is -0.492 e. The Morgan fingerprint density at radius 2 is 1.57 bits per heavy atom. The summed E-state index contributed by atoms with van der Waals surface area (Å²) in [6.45, 7) is 1.64. The van der Waals surface area contributed by atoms with Crippen molar-refractivity contribution in [2.24, 2.45) is 4.99 Å². The lowest BCUT2D eigenvalue weighted by atomic mass is 10.2. The molecule has 154 valence electrons. The fourth-order valence-corrected chi connectivity index (χ4v) is 3.90. The molecule has 0 atom stereocenters. The summed E-state index contributed by atoms with van der Waals surface area (Å²) < 4.78 is 29.9. The molecule has 0 aliphatic heterocycles. The van der Waals surface area contributed by atoms with Gasteiger partial charge in [0.1, 0.15) is 12.4 Å². The van der Waals surface area contributed by atoms with E-state index >= 15 is 0 Å². The van der Waals surface area contributed by atoms with Crippen molar-refractivity contribution in [3.63, 3.8) is 0 Å². The Balaban J connectivity index is 0.00000392. The normalized spacial score (nSPS) is 11.4. The van der Waals surface area contributed by atoms with E-state index in [-0.39, 0.29) is 35.5 Å². The van der Waals surface area contributed by atoms with Crippen LogP contribution in [-0.2, 0) is 15.6 Å². The van der Waals surface area contributed by atoms with E-state index in [0.717, 1.165) is 11.3 Å². The third-order valence-electron chi connectivity index (χ3n) is 3.78. The summed E-state index contributed by atoms with van der Waals surface area (Å²) in [5.41, 5.74) is 0.821. The van der Waals surface area contributed by atoms with Gasteiger partial charge in [-0.25, -0.2) is 8.42 Å². The minimum atomic E-state index is -3.11. The average molecular weight is 517 g/mol. The van der Waals surface area contributed by atoms with Crippen LogP contribution in [0.15, 0.2) is 65.7 Å². The molecule has 0 heterocycles. The highest BCUT2D eigenvalue weighted by molar-refractivity contribution is 14.0. The van der Waals surface area contributed by atoms with E-state index in [1.807, 2.05) is 60.7 Å². The lowest BCUT2D eigenvalue weighted by Crippen LogP contribution is -2.40. The molecule has 0 fully saturated rings. The third-order valence-corrected chi connectivity index (χ3v) is 5.47. The zero-order valence-electron chi connectivity index (χ0n) is 16.0. The first-order valence-electron chi connectivity index (χ1n) is 8.96. The molecule has 8 heteroatoms. The Morgan fingerprint density at radius 1 is 0.964 bits per heavy atom. The zero-order valence-corrected chi connectivity index (χ0v) is 19.2. The van der Waals surface area contributed by atoms with Crippen LogP contribution in [0.1, 0.15) is 12.0 Å². The SMILES string of the molecule is CN=C(NCCCS(=O)(=O)Cc1ccccc1)NCCOc1ccccc1.I. The Morgan fingerprint density at radius 3 is 2.21 bits per heavy atom. The lowest BCUT2D eigenvalue weighted by Gasteiger charge is -2.12. The summed E-state index contributed by atoms with van der Waals surface area (Å²) in [6, 6.07) is 18.8. The summed E-state index contributed by atoms with van der Waals surface area (Å²) in [6.07, 6.45) is 0.524. The molecule has 0 amide bonds. The standard InChI is InChI=1S/C20H27N3O3S.HI/c1-21-20(23-14-15-26-19-11-6-3-7-12-19)22-13-8-16-27(24,25)17-18-9-4-2-5-10-18;/h2-7,9-12H,8,13-17H2,1H3,(H2,21,22,23);1H. The Kier molecular flexibility index (Phi) is 11.6. The maximum Gasteiger partial charge on any atom is 0.191 e. The number of ether oxygens (including phenoxy) is 1. The molecule has 2 N–H and O–H groups in total. The zero-order chi connectivity index (χ0) is 19.4. The van der Waals surface area contributed by atoms with Crippen LogP contribution in [0.4, 0.5) is 0 Å². The van der Waals surface area contributed by atoms with Crippen molar-refractivity contribution in [2.75, 3.05) is 32.5 Å². The molecular weight excluding hydrogens is 489 g/mol. The Bertz CT molecular complexity index is 800. The highest BCUT2D eigenvalue weighted by Gasteiger charge is 2.11. The number of aliphatic imine (C=N–C) groups is 1. The van der Waals surface area contributed by atoms with Crippen LogP contribution in [0.5, 0.6) is 5.75 Å². The van der Waals surface area contributed by atoms with Crippen LogP contribution in [0.25, 0.3) is 0 Å². The molecule has 0 aromatic heterocycles. The van der Waals surface area contributed by atoms with Gasteiger partial charge in [-0.15, -0.1) is 24.0 Å². The van der Waals surface area contributed by atoms with Crippen LogP contribution in [0.2, 0.25) is 0 Å². The largest absolute Gasteiger partial charge is 0.492 e. The number of hydrogen-bond acceptors (Lipinski definition) is 4. The van der Waals surface area contributed by atoms with E-state index in [2.05, 4.69) is 15.6 Å². The molecular formula is C20H28IN3O3S. The predicted molar refractivity (Wildman–Crippen MR) is 125 cm³/mol. The van der Waals surface area contributed by atoms with E-state index in [1.165, 1.54) is 0 Å². The molecule has 2 rings (SSSR count). The molecule has 0 aliphatic carbocycles. The van der Waals surface area contributed by atoms with E-state index in [9.17, 15) is 8.42 Å². The molecule has 0 aliphatic rings. The summed E-state index contributed by atoms with van der Waals surface area (Å²) >= 11 is 0. The van der Waals surface area contributed by atoms with Crippen molar-refractivity contribution >= 4 is 39.8 Å². The van der Waals surface area contributed by atoms with Crippen molar-refractivity contribution in [1.82, 2.24) is 10.6 Å². The number of sulfone groups is 1. The van der Waals surface area contributed by atoms with Crippen molar-refractivity contribution in [3.05, 3.63) is 66.2 Å². The number of nitrogens with one attached hydrogen (secondary N) is 2. The van der Waals surface area contributed by atoms with Crippen LogP contribution in [0, 0.1) is 0 Å². The number of rotatable bonds is 10. The monoisotopic (exact) mass is 517 g/mol. The highest BCUT2D eigenvalue weighted by atomic mass is 127. The molecule has 0 saturated carbocycles. The highest BCUT2D eigenvalue weighted by Crippen LogP contribution is 2.08. The van der Waals surface area contributed by atoms with Gasteiger partial charge in [0, 0.05) is 13.6 Å². The van der Waals surface area contributed by atoms with Gasteiger partial charge in [0.25, 0.3) is 0 Å². The van der Waals surface area contributed by atoms with Gasteiger partial charge < -0.3 is 15.4 Å². The summed E-state index contributed by atoms with van der Waals surface area (Å²) in [4.78, 5) is 4.12. The van der Waals surface area contributed by atoms with E-state index in [0.29, 0.717) is 32.1 Å². The second-order valence-electron chi connectivity index (χ2n) is 6.02. The molecule has 2 aromatic carbocycles. The molecule has 0 bridgehead atoms. The van der Waals surface area contributed by atoms with Crippen LogP contribution < -0.4 is 15.4 Å². The van der Waals surface area contributed by atoms with Crippen LogP contribution in [0.3, 0.4) is 0 Å².